The van der Waals surface area contributed by atoms with Gasteiger partial charge in [-0.1, -0.05) is 30.3 Å². The quantitative estimate of drug-likeness (QED) is 0.163. The van der Waals surface area contributed by atoms with Gasteiger partial charge in [-0.15, -0.1) is 11.3 Å². The molecule has 1 aliphatic rings. The number of thiazole rings is 1. The van der Waals surface area contributed by atoms with Crippen LogP contribution >= 0.6 is 11.3 Å². The van der Waals surface area contributed by atoms with E-state index in [1.807, 2.05) is 24.1 Å². The van der Waals surface area contributed by atoms with E-state index in [1.165, 1.54) is 29.5 Å². The molecule has 3 N–H and O–H groups in total. The van der Waals surface area contributed by atoms with Crippen LogP contribution in [0.15, 0.2) is 66.0 Å². The van der Waals surface area contributed by atoms with Gasteiger partial charge in [0.15, 0.2) is 0 Å². The van der Waals surface area contributed by atoms with Crippen LogP contribution in [0, 0.1) is 6.92 Å². The summed E-state index contributed by atoms with van der Waals surface area (Å²) in [7, 11) is 3.57. The van der Waals surface area contributed by atoms with Crippen molar-refractivity contribution >= 4 is 29.0 Å². The molecule has 9 nitrogen and oxygen atoms in total. The topological polar surface area (TPSA) is 111 Å². The van der Waals surface area contributed by atoms with Gasteiger partial charge in [0.05, 0.1) is 11.6 Å². The number of aryl methyl sites for hydroxylation is 1. The monoisotopic (exact) mass is 680 g/mol. The number of carbonyl (C=O) groups excluding carboxylic acids is 2. The van der Waals surface area contributed by atoms with E-state index < -0.39 is 29.7 Å². The van der Waals surface area contributed by atoms with Gasteiger partial charge in [0.25, 0.3) is 11.8 Å². The van der Waals surface area contributed by atoms with Crippen LogP contribution in [-0.4, -0.2) is 58.5 Å². The summed E-state index contributed by atoms with van der Waals surface area (Å²) in [5.41, 5.74) is 1.77. The van der Waals surface area contributed by atoms with Crippen LogP contribution < -0.4 is 15.5 Å². The number of phenols is 1. The van der Waals surface area contributed by atoms with Gasteiger partial charge in [-0.25, -0.2) is 9.97 Å². The third-order valence-corrected chi connectivity index (χ3v) is 9.30. The number of aromatic nitrogens is 2. The van der Waals surface area contributed by atoms with Crippen molar-refractivity contribution in [3.63, 3.8) is 0 Å². The highest BCUT2D eigenvalue weighted by Crippen LogP contribution is 2.35. The van der Waals surface area contributed by atoms with Crippen molar-refractivity contribution in [2.75, 3.05) is 25.5 Å². The zero-order valence-corrected chi connectivity index (χ0v) is 28.0. The maximum atomic E-state index is 13.8. The molecule has 3 heterocycles. The summed E-state index contributed by atoms with van der Waals surface area (Å²) in [5.74, 6) is -0.163. The lowest BCUT2D eigenvalue weighted by Crippen LogP contribution is -2.37. The van der Waals surface area contributed by atoms with Crippen molar-refractivity contribution < 1.29 is 27.9 Å². The SMILES string of the molecule is Cc1csc([C@H]2CCCN2C(=O)c2cc(C(=O)N[C@@H](C)CC(NCc3cccc(C(F)(F)F)c3)c3cccc(O)c3)nc(N(C)C)c2)n1. The van der Waals surface area contributed by atoms with Gasteiger partial charge in [0, 0.05) is 55.9 Å². The summed E-state index contributed by atoms with van der Waals surface area (Å²) in [6, 6.07) is 13.9. The predicted octanol–water partition coefficient (Wildman–Crippen LogP) is 6.65. The Hall–Kier alpha value is -4.49. The third kappa shape index (κ3) is 8.50. The van der Waals surface area contributed by atoms with Crippen LogP contribution in [0.1, 0.15) is 86.5 Å². The second kappa shape index (κ2) is 14.7. The van der Waals surface area contributed by atoms with E-state index in [2.05, 4.69) is 20.6 Å². The van der Waals surface area contributed by atoms with Crippen molar-refractivity contribution in [2.45, 2.75) is 64.0 Å². The van der Waals surface area contributed by atoms with Gasteiger partial charge in [-0.3, -0.25) is 9.59 Å². The molecule has 2 aromatic heterocycles. The number of phenolic OH excluding ortho intramolecular Hbond substituents is 1. The summed E-state index contributed by atoms with van der Waals surface area (Å²) < 4.78 is 39.9. The Morgan fingerprint density at radius 2 is 1.88 bits per heavy atom. The number of carbonyl (C=O) groups is 2. The average Bonchev–Trinajstić information content (AvgIpc) is 3.71. The number of aromatic hydroxyl groups is 1. The van der Waals surface area contributed by atoms with E-state index in [1.54, 1.807) is 49.3 Å². The Morgan fingerprint density at radius 3 is 2.56 bits per heavy atom. The summed E-state index contributed by atoms with van der Waals surface area (Å²) >= 11 is 1.54. The maximum Gasteiger partial charge on any atom is 0.416 e. The van der Waals surface area contributed by atoms with E-state index in [0.717, 1.165) is 35.7 Å². The van der Waals surface area contributed by atoms with Crippen LogP contribution in [0.5, 0.6) is 5.75 Å². The number of benzene rings is 2. The number of alkyl halides is 3. The van der Waals surface area contributed by atoms with E-state index in [-0.39, 0.29) is 29.9 Å². The number of hydrogen-bond acceptors (Lipinski definition) is 8. The number of anilines is 1. The molecule has 13 heteroatoms. The molecule has 1 saturated heterocycles. The molecule has 4 aromatic rings. The molecule has 0 saturated carbocycles. The maximum absolute atomic E-state index is 13.8. The summed E-state index contributed by atoms with van der Waals surface area (Å²) in [6.07, 6.45) is -2.45. The molecule has 1 unspecified atom stereocenters. The molecule has 5 rings (SSSR count). The molecule has 0 spiro atoms. The van der Waals surface area contributed by atoms with Crippen molar-refractivity contribution in [3.05, 3.63) is 105 Å². The Balaban J connectivity index is 1.33. The summed E-state index contributed by atoms with van der Waals surface area (Å²) in [4.78, 5) is 40.1. The highest BCUT2D eigenvalue weighted by atomic mass is 32.1. The fourth-order valence-corrected chi connectivity index (χ4v) is 6.77. The van der Waals surface area contributed by atoms with Crippen LogP contribution in [-0.2, 0) is 12.7 Å². The van der Waals surface area contributed by atoms with Gasteiger partial charge in [0.1, 0.15) is 22.3 Å². The highest BCUT2D eigenvalue weighted by molar-refractivity contribution is 7.09. The normalized spacial score (nSPS) is 16.1. The van der Waals surface area contributed by atoms with Crippen LogP contribution in [0.25, 0.3) is 0 Å². The predicted molar refractivity (Wildman–Crippen MR) is 179 cm³/mol. The fraction of sp³-hybridized carbons (Fsp3) is 0.371. The van der Waals surface area contributed by atoms with E-state index in [0.29, 0.717) is 35.5 Å². The first-order chi connectivity index (χ1) is 22.8. The Labute approximate surface area is 281 Å². The first-order valence-corrected chi connectivity index (χ1v) is 16.6. The molecular formula is C35H39F3N6O3S. The molecule has 254 valence electrons. The molecule has 1 aliphatic heterocycles. The number of amides is 2. The zero-order chi connectivity index (χ0) is 34.6. The van der Waals surface area contributed by atoms with Gasteiger partial charge in [-0.05, 0) is 74.6 Å². The first kappa shape index (κ1) is 34.8. The Morgan fingerprint density at radius 1 is 1.10 bits per heavy atom. The molecule has 1 fully saturated rings. The van der Waals surface area contributed by atoms with Crippen LogP contribution in [0.2, 0.25) is 0 Å². The van der Waals surface area contributed by atoms with E-state index >= 15 is 0 Å². The third-order valence-electron chi connectivity index (χ3n) is 8.23. The number of rotatable bonds is 11. The summed E-state index contributed by atoms with van der Waals surface area (Å²) in [6.45, 7) is 4.45. The fourth-order valence-electron chi connectivity index (χ4n) is 5.83. The van der Waals surface area contributed by atoms with Gasteiger partial charge >= 0.3 is 6.18 Å². The minimum Gasteiger partial charge on any atom is -0.508 e. The standard InChI is InChI=1S/C35H39F3N6O3S/c1-21(14-28(24-9-6-11-27(45)16-24)39-19-23-8-5-10-26(15-23)35(36,37)38)40-32(46)29-17-25(18-31(42-29)43(3)4)34(47)44-13-7-12-30(44)33-41-22(2)20-48-33/h5-6,8-11,15-18,20-21,28,30,39,45H,7,12-14,19H2,1-4H3,(H,40,46)/t21-,28?,30+/m0/s1. The molecule has 48 heavy (non-hydrogen) atoms. The lowest BCUT2D eigenvalue weighted by Gasteiger charge is -2.25. The van der Waals surface area contributed by atoms with Crippen molar-refractivity contribution in [3.8, 4) is 5.75 Å². The highest BCUT2D eigenvalue weighted by Gasteiger charge is 2.33. The Bertz CT molecular complexity index is 1760. The number of halogens is 3. The molecule has 0 bridgehead atoms. The number of likely N-dealkylation sites (tertiary alicyclic amines) is 1. The molecule has 2 amide bonds. The molecule has 3 atom stereocenters. The first-order valence-electron chi connectivity index (χ1n) is 15.7. The van der Waals surface area contributed by atoms with Crippen LogP contribution in [0.4, 0.5) is 19.0 Å². The number of nitrogens with one attached hydrogen (secondary N) is 2. The second-order valence-electron chi connectivity index (χ2n) is 12.3. The van der Waals surface area contributed by atoms with Crippen molar-refractivity contribution in [2.24, 2.45) is 0 Å². The number of hydrogen-bond donors (Lipinski definition) is 3. The van der Waals surface area contributed by atoms with Crippen molar-refractivity contribution in [1.29, 1.82) is 0 Å². The largest absolute Gasteiger partial charge is 0.508 e. The van der Waals surface area contributed by atoms with Crippen LogP contribution in [0.3, 0.4) is 0 Å². The molecular weight excluding hydrogens is 641 g/mol. The van der Waals surface area contributed by atoms with Gasteiger partial charge in [0.2, 0.25) is 0 Å². The Kier molecular flexibility index (Phi) is 10.7. The van der Waals surface area contributed by atoms with E-state index in [9.17, 15) is 27.9 Å². The van der Waals surface area contributed by atoms with Crippen molar-refractivity contribution in [1.82, 2.24) is 25.5 Å². The molecule has 0 aliphatic carbocycles. The summed E-state index contributed by atoms with van der Waals surface area (Å²) in [5, 5.41) is 19.3. The number of nitrogens with zero attached hydrogens (tertiary/aromatic N) is 4. The molecule has 0 radical (unpaired) electrons. The molecule has 2 aromatic carbocycles. The smallest absolute Gasteiger partial charge is 0.416 e. The second-order valence-corrected chi connectivity index (χ2v) is 13.2. The minimum atomic E-state index is -4.46. The lowest BCUT2D eigenvalue weighted by molar-refractivity contribution is -0.137. The average molecular weight is 681 g/mol. The minimum absolute atomic E-state index is 0.0437. The van der Waals surface area contributed by atoms with Gasteiger partial charge in [-0.2, -0.15) is 13.2 Å². The number of pyridine rings is 1. The zero-order valence-electron chi connectivity index (χ0n) is 27.2. The lowest BCUT2D eigenvalue weighted by atomic mass is 9.99. The van der Waals surface area contributed by atoms with Gasteiger partial charge < -0.3 is 25.5 Å². The van der Waals surface area contributed by atoms with E-state index in [4.69, 9.17) is 0 Å².